The lowest BCUT2D eigenvalue weighted by Crippen LogP contribution is -2.59. The number of hydrogen-bond acceptors (Lipinski definition) is 6. The van der Waals surface area contributed by atoms with Crippen molar-refractivity contribution in [3.05, 3.63) is 36.2 Å². The summed E-state index contributed by atoms with van der Waals surface area (Å²) >= 11 is 0. The van der Waals surface area contributed by atoms with Gasteiger partial charge in [0.05, 0.1) is 24.4 Å². The average Bonchev–Trinajstić information content (AvgIpc) is 3.15. The first-order valence-corrected chi connectivity index (χ1v) is 7.87. The third-order valence-corrected chi connectivity index (χ3v) is 4.62. The van der Waals surface area contributed by atoms with E-state index in [9.17, 15) is 4.79 Å². The number of nitrogens with zero attached hydrogens (tertiary/aromatic N) is 6. The van der Waals surface area contributed by atoms with Gasteiger partial charge in [-0.1, -0.05) is 12.1 Å². The summed E-state index contributed by atoms with van der Waals surface area (Å²) in [6.07, 6.45) is 0.669. The molecule has 2 aromatic rings. The van der Waals surface area contributed by atoms with Gasteiger partial charge in [0.1, 0.15) is 6.33 Å². The summed E-state index contributed by atoms with van der Waals surface area (Å²) in [5, 5.41) is 20.3. The molecule has 1 N–H and O–H groups in total. The number of benzene rings is 1. The van der Waals surface area contributed by atoms with Crippen LogP contribution in [-0.2, 0) is 4.74 Å². The van der Waals surface area contributed by atoms with Crippen molar-refractivity contribution in [3.8, 4) is 5.69 Å². The van der Waals surface area contributed by atoms with Crippen molar-refractivity contribution < 1.29 is 14.6 Å². The highest BCUT2D eigenvalue weighted by Gasteiger charge is 2.35. The summed E-state index contributed by atoms with van der Waals surface area (Å²) in [6.45, 7) is 3.08. The zero-order valence-corrected chi connectivity index (χ0v) is 13.0. The Morgan fingerprint density at radius 1 is 1.29 bits per heavy atom. The Labute approximate surface area is 138 Å². The minimum Gasteiger partial charge on any atom is -0.465 e. The number of ether oxygens (including phenoxy) is 1. The number of carboxylic acid groups (broad SMARTS) is 1. The van der Waals surface area contributed by atoms with E-state index in [1.54, 1.807) is 11.0 Å². The molecule has 0 saturated carbocycles. The molecule has 0 unspecified atom stereocenters. The maximum absolute atomic E-state index is 11.1. The summed E-state index contributed by atoms with van der Waals surface area (Å²) in [5.41, 5.74) is 1.96. The lowest BCUT2D eigenvalue weighted by Gasteiger charge is -2.45. The van der Waals surface area contributed by atoms with Gasteiger partial charge in [0.2, 0.25) is 0 Å². The van der Waals surface area contributed by atoms with Crippen LogP contribution in [0.4, 0.5) is 4.79 Å². The molecule has 2 atom stereocenters. The molecule has 126 valence electrons. The maximum atomic E-state index is 11.1. The van der Waals surface area contributed by atoms with E-state index in [4.69, 9.17) is 9.84 Å². The van der Waals surface area contributed by atoms with Crippen LogP contribution in [-0.4, -0.2) is 80.0 Å². The van der Waals surface area contributed by atoms with Crippen molar-refractivity contribution in [1.82, 2.24) is 30.0 Å². The molecule has 1 amide bonds. The normalized spacial score (nSPS) is 24.6. The van der Waals surface area contributed by atoms with E-state index in [2.05, 4.69) is 20.4 Å². The Hall–Kier alpha value is -2.52. The highest BCUT2D eigenvalue weighted by atomic mass is 16.5. The zero-order valence-electron chi connectivity index (χ0n) is 13.0. The second-order valence-electron chi connectivity index (χ2n) is 6.05. The molecule has 1 aromatic carbocycles. The number of carbonyl (C=O) groups is 1. The second kappa shape index (κ2) is 6.17. The third kappa shape index (κ3) is 2.83. The lowest BCUT2D eigenvalue weighted by molar-refractivity contribution is -0.0866. The first-order valence-electron chi connectivity index (χ1n) is 7.87. The van der Waals surface area contributed by atoms with Crippen LogP contribution in [0.5, 0.6) is 0 Å². The van der Waals surface area contributed by atoms with E-state index in [0.717, 1.165) is 24.3 Å². The van der Waals surface area contributed by atoms with Gasteiger partial charge >= 0.3 is 6.09 Å². The largest absolute Gasteiger partial charge is 0.465 e. The summed E-state index contributed by atoms with van der Waals surface area (Å²) < 4.78 is 7.62. The summed E-state index contributed by atoms with van der Waals surface area (Å²) in [6, 6.07) is 8.09. The van der Waals surface area contributed by atoms with Gasteiger partial charge in [-0.15, -0.1) is 5.10 Å². The Morgan fingerprint density at radius 3 is 3.00 bits per heavy atom. The molecule has 2 fully saturated rings. The van der Waals surface area contributed by atoms with E-state index in [1.165, 1.54) is 4.90 Å². The molecule has 9 heteroatoms. The van der Waals surface area contributed by atoms with Crippen molar-refractivity contribution >= 4 is 6.09 Å². The SMILES string of the molecule is O=C(O)N1CCN2C[C@@H](c3cccc(-n4cnnn4)c3)OC[C@@H]2C1. The van der Waals surface area contributed by atoms with Crippen molar-refractivity contribution in [1.29, 1.82) is 0 Å². The van der Waals surface area contributed by atoms with Gasteiger partial charge in [0.15, 0.2) is 0 Å². The number of morpholine rings is 1. The number of fused-ring (bicyclic) bond motifs is 1. The van der Waals surface area contributed by atoms with Crippen LogP contribution in [0.3, 0.4) is 0 Å². The maximum Gasteiger partial charge on any atom is 0.407 e. The Kier molecular flexibility index (Phi) is 3.87. The number of hydrogen-bond donors (Lipinski definition) is 1. The van der Waals surface area contributed by atoms with Crippen LogP contribution in [0.1, 0.15) is 11.7 Å². The summed E-state index contributed by atoms with van der Waals surface area (Å²) in [7, 11) is 0. The molecule has 24 heavy (non-hydrogen) atoms. The Bertz CT molecular complexity index is 722. The number of aromatic nitrogens is 4. The first-order chi connectivity index (χ1) is 11.7. The van der Waals surface area contributed by atoms with E-state index < -0.39 is 6.09 Å². The average molecular weight is 330 g/mol. The number of tetrazole rings is 1. The molecule has 0 aliphatic carbocycles. The van der Waals surface area contributed by atoms with Crippen LogP contribution >= 0.6 is 0 Å². The first kappa shape index (κ1) is 15.0. The van der Waals surface area contributed by atoms with Crippen molar-refractivity contribution in [2.24, 2.45) is 0 Å². The minimum atomic E-state index is -0.856. The van der Waals surface area contributed by atoms with Crippen LogP contribution in [0.2, 0.25) is 0 Å². The Balaban J connectivity index is 1.48. The van der Waals surface area contributed by atoms with Crippen molar-refractivity contribution in [2.45, 2.75) is 12.1 Å². The predicted molar refractivity (Wildman–Crippen MR) is 82.8 cm³/mol. The molecular formula is C15H18N6O3. The fraction of sp³-hybridized carbons (Fsp3) is 0.467. The van der Waals surface area contributed by atoms with Crippen molar-refractivity contribution in [2.75, 3.05) is 32.8 Å². The Morgan fingerprint density at radius 2 is 2.21 bits per heavy atom. The fourth-order valence-corrected chi connectivity index (χ4v) is 3.31. The highest BCUT2D eigenvalue weighted by molar-refractivity contribution is 5.65. The van der Waals surface area contributed by atoms with E-state index in [0.29, 0.717) is 19.7 Å². The molecule has 1 aromatic heterocycles. The van der Waals surface area contributed by atoms with Crippen LogP contribution in [0.25, 0.3) is 5.69 Å². The van der Waals surface area contributed by atoms with Gasteiger partial charge in [0, 0.05) is 26.2 Å². The molecule has 0 spiro atoms. The topological polar surface area (TPSA) is 96.6 Å². The monoisotopic (exact) mass is 330 g/mol. The number of amides is 1. The van der Waals surface area contributed by atoms with Crippen LogP contribution in [0, 0.1) is 0 Å². The predicted octanol–water partition coefficient (Wildman–Crippen LogP) is 0.398. The van der Waals surface area contributed by atoms with Gasteiger partial charge in [-0.3, -0.25) is 4.90 Å². The van der Waals surface area contributed by atoms with E-state index >= 15 is 0 Å². The van der Waals surface area contributed by atoms with Crippen LogP contribution < -0.4 is 0 Å². The van der Waals surface area contributed by atoms with Gasteiger partial charge in [-0.2, -0.15) is 0 Å². The molecular weight excluding hydrogens is 312 g/mol. The standard InChI is InChI=1S/C15H18N6O3/c22-15(23)20-5-4-19-8-14(24-9-13(19)7-20)11-2-1-3-12(6-11)21-10-16-17-18-21/h1-3,6,10,13-14H,4-5,7-9H2,(H,22,23)/t13-,14-/m0/s1. The smallest absolute Gasteiger partial charge is 0.407 e. The molecule has 0 bridgehead atoms. The molecule has 3 heterocycles. The van der Waals surface area contributed by atoms with Crippen molar-refractivity contribution in [3.63, 3.8) is 0 Å². The summed E-state index contributed by atoms with van der Waals surface area (Å²) in [5.74, 6) is 0. The molecule has 4 rings (SSSR count). The molecule has 2 saturated heterocycles. The van der Waals surface area contributed by atoms with E-state index in [1.807, 2.05) is 24.3 Å². The van der Waals surface area contributed by atoms with E-state index in [-0.39, 0.29) is 12.1 Å². The van der Waals surface area contributed by atoms with Gasteiger partial charge in [-0.25, -0.2) is 9.48 Å². The van der Waals surface area contributed by atoms with Gasteiger partial charge in [0.25, 0.3) is 0 Å². The van der Waals surface area contributed by atoms with Crippen LogP contribution in [0.15, 0.2) is 30.6 Å². The second-order valence-corrected chi connectivity index (χ2v) is 6.05. The zero-order chi connectivity index (χ0) is 16.5. The molecule has 0 radical (unpaired) electrons. The minimum absolute atomic E-state index is 0.0333. The molecule has 2 aliphatic rings. The fourth-order valence-electron chi connectivity index (χ4n) is 3.31. The molecule has 2 aliphatic heterocycles. The highest BCUT2D eigenvalue weighted by Crippen LogP contribution is 2.27. The molecule has 9 nitrogen and oxygen atoms in total. The summed E-state index contributed by atoms with van der Waals surface area (Å²) in [4.78, 5) is 14.9. The number of piperazine rings is 1. The third-order valence-electron chi connectivity index (χ3n) is 4.62. The van der Waals surface area contributed by atoms with Gasteiger partial charge < -0.3 is 14.7 Å². The van der Waals surface area contributed by atoms with Gasteiger partial charge in [-0.05, 0) is 28.1 Å². The number of rotatable bonds is 2. The quantitative estimate of drug-likeness (QED) is 0.851. The lowest BCUT2D eigenvalue weighted by atomic mass is 10.0.